The quantitative estimate of drug-likeness (QED) is 0.581. The molecule has 0 saturated heterocycles. The molecule has 0 aromatic carbocycles. The molecule has 0 amide bonds. The zero-order chi connectivity index (χ0) is 9.90. The fraction of sp³-hybridized carbons (Fsp3) is 1.00. The van der Waals surface area contributed by atoms with Crippen molar-refractivity contribution in [3.8, 4) is 0 Å². The summed E-state index contributed by atoms with van der Waals surface area (Å²) >= 11 is 0. The zero-order valence-corrected chi connectivity index (χ0v) is 9.90. The lowest BCUT2D eigenvalue weighted by Gasteiger charge is -2.51. The van der Waals surface area contributed by atoms with Crippen LogP contribution in [-0.4, -0.2) is 0 Å². The molecule has 1 atom stereocenters. The summed E-state index contributed by atoms with van der Waals surface area (Å²) < 4.78 is 0. The topological polar surface area (TPSA) is 0 Å². The van der Waals surface area contributed by atoms with Gasteiger partial charge in [0.25, 0.3) is 0 Å². The fourth-order valence-electron chi connectivity index (χ4n) is 3.53. The lowest BCUT2D eigenvalue weighted by Crippen LogP contribution is -2.41. The fourth-order valence-corrected chi connectivity index (χ4v) is 3.53. The minimum Gasteiger partial charge on any atom is -0.0654 e. The maximum atomic E-state index is 2.41. The van der Waals surface area contributed by atoms with Crippen molar-refractivity contribution in [2.45, 2.75) is 66.2 Å². The molecule has 0 bridgehead atoms. The first kappa shape index (κ1) is 11.1. The van der Waals surface area contributed by atoms with Crippen LogP contribution in [0.25, 0.3) is 0 Å². The van der Waals surface area contributed by atoms with E-state index in [-0.39, 0.29) is 0 Å². The molecule has 1 aliphatic carbocycles. The van der Waals surface area contributed by atoms with E-state index in [2.05, 4.69) is 27.7 Å². The van der Waals surface area contributed by atoms with Crippen molar-refractivity contribution in [3.63, 3.8) is 0 Å². The van der Waals surface area contributed by atoms with Crippen LogP contribution >= 0.6 is 0 Å². The van der Waals surface area contributed by atoms with Crippen LogP contribution < -0.4 is 0 Å². The molecule has 78 valence electrons. The van der Waals surface area contributed by atoms with Gasteiger partial charge in [0.1, 0.15) is 0 Å². The van der Waals surface area contributed by atoms with E-state index >= 15 is 0 Å². The van der Waals surface area contributed by atoms with E-state index in [9.17, 15) is 0 Å². The van der Waals surface area contributed by atoms with Crippen LogP contribution in [-0.2, 0) is 0 Å². The van der Waals surface area contributed by atoms with E-state index < -0.39 is 0 Å². The lowest BCUT2D eigenvalue weighted by atomic mass is 9.54. The van der Waals surface area contributed by atoms with Gasteiger partial charge in [-0.1, -0.05) is 53.4 Å². The van der Waals surface area contributed by atoms with E-state index in [1.165, 1.54) is 38.5 Å². The van der Waals surface area contributed by atoms with Crippen molar-refractivity contribution in [1.82, 2.24) is 0 Å². The van der Waals surface area contributed by atoms with Crippen LogP contribution in [0, 0.1) is 17.3 Å². The zero-order valence-electron chi connectivity index (χ0n) is 9.90. The highest BCUT2D eigenvalue weighted by molar-refractivity contribution is 4.95. The molecule has 13 heavy (non-hydrogen) atoms. The highest BCUT2D eigenvalue weighted by Crippen LogP contribution is 2.55. The van der Waals surface area contributed by atoms with Gasteiger partial charge in [-0.05, 0) is 30.1 Å². The van der Waals surface area contributed by atoms with Crippen molar-refractivity contribution < 1.29 is 0 Å². The Morgan fingerprint density at radius 3 is 2.15 bits per heavy atom. The molecule has 0 aromatic heterocycles. The van der Waals surface area contributed by atoms with Gasteiger partial charge in [0.05, 0.1) is 0 Å². The summed E-state index contributed by atoms with van der Waals surface area (Å²) in [6.07, 6.45) is 8.64. The molecule has 0 N–H and O–H groups in total. The second kappa shape index (κ2) is 4.48. The van der Waals surface area contributed by atoms with E-state index in [1.54, 1.807) is 0 Å². The van der Waals surface area contributed by atoms with Crippen molar-refractivity contribution in [3.05, 3.63) is 0 Å². The molecule has 0 radical (unpaired) electrons. The Bertz CT molecular complexity index is 142. The molecule has 1 fully saturated rings. The highest BCUT2D eigenvalue weighted by atomic mass is 14.5. The molecule has 0 nitrogen and oxygen atoms in total. The summed E-state index contributed by atoms with van der Waals surface area (Å²) in [5.74, 6) is 2.02. The van der Waals surface area contributed by atoms with Crippen LogP contribution in [0.3, 0.4) is 0 Å². The number of hydrogen-bond acceptors (Lipinski definition) is 0. The van der Waals surface area contributed by atoms with Gasteiger partial charge in [0, 0.05) is 0 Å². The third-order valence-electron chi connectivity index (χ3n) is 4.21. The van der Waals surface area contributed by atoms with Crippen LogP contribution in [0.5, 0.6) is 0 Å². The predicted octanol–water partition coefficient (Wildman–Crippen LogP) is 4.64. The van der Waals surface area contributed by atoms with E-state index in [4.69, 9.17) is 0 Å². The second-order valence-electron chi connectivity index (χ2n) is 5.12. The Hall–Kier alpha value is 0. The summed E-state index contributed by atoms with van der Waals surface area (Å²) in [6.45, 7) is 9.51. The maximum Gasteiger partial charge on any atom is -0.0267 e. The van der Waals surface area contributed by atoms with Crippen molar-refractivity contribution in [1.29, 1.82) is 0 Å². The lowest BCUT2D eigenvalue weighted by molar-refractivity contribution is -0.0110. The third-order valence-corrected chi connectivity index (χ3v) is 4.21. The summed E-state index contributed by atoms with van der Waals surface area (Å²) in [5.41, 5.74) is 0.754. The first-order chi connectivity index (χ1) is 6.18. The van der Waals surface area contributed by atoms with E-state index in [1.807, 2.05) is 0 Å². The Balaban J connectivity index is 2.53. The van der Waals surface area contributed by atoms with Crippen LogP contribution in [0.4, 0.5) is 0 Å². The number of rotatable bonds is 5. The molecular formula is C13H26. The summed E-state index contributed by atoms with van der Waals surface area (Å²) in [6, 6.07) is 0. The Morgan fingerprint density at radius 2 is 1.85 bits per heavy atom. The van der Waals surface area contributed by atoms with Gasteiger partial charge in [-0.3, -0.25) is 0 Å². The van der Waals surface area contributed by atoms with Crippen LogP contribution in [0.15, 0.2) is 0 Å². The molecule has 0 heterocycles. The largest absolute Gasteiger partial charge is 0.0654 e. The Morgan fingerprint density at radius 1 is 1.23 bits per heavy atom. The molecule has 1 aliphatic rings. The second-order valence-corrected chi connectivity index (χ2v) is 5.12. The van der Waals surface area contributed by atoms with Crippen molar-refractivity contribution >= 4 is 0 Å². The normalized spacial score (nSPS) is 35.5. The molecule has 0 heteroatoms. The minimum absolute atomic E-state index is 0.754. The smallest absolute Gasteiger partial charge is 0.0267 e. The molecule has 0 aliphatic heterocycles. The third kappa shape index (κ3) is 2.08. The van der Waals surface area contributed by atoms with Crippen molar-refractivity contribution in [2.24, 2.45) is 17.3 Å². The van der Waals surface area contributed by atoms with Gasteiger partial charge in [-0.25, -0.2) is 0 Å². The van der Waals surface area contributed by atoms with Gasteiger partial charge in [-0.15, -0.1) is 0 Å². The monoisotopic (exact) mass is 182 g/mol. The molecule has 1 unspecified atom stereocenters. The molecular weight excluding hydrogens is 156 g/mol. The maximum absolute atomic E-state index is 2.41. The molecule has 1 rings (SSSR count). The van der Waals surface area contributed by atoms with Gasteiger partial charge >= 0.3 is 0 Å². The highest BCUT2D eigenvalue weighted by Gasteiger charge is 2.44. The summed E-state index contributed by atoms with van der Waals surface area (Å²) in [4.78, 5) is 0. The van der Waals surface area contributed by atoms with Gasteiger partial charge in [0.15, 0.2) is 0 Å². The Labute approximate surface area is 84.1 Å². The Kier molecular flexibility index (Phi) is 3.82. The molecule has 1 saturated carbocycles. The molecule has 0 spiro atoms. The summed E-state index contributed by atoms with van der Waals surface area (Å²) in [7, 11) is 0. The number of hydrogen-bond donors (Lipinski definition) is 0. The SMILES string of the molecule is CCCC(CC)C1(CC)CC(C)C1. The van der Waals surface area contributed by atoms with Gasteiger partial charge in [0.2, 0.25) is 0 Å². The minimum atomic E-state index is 0.754. The average molecular weight is 182 g/mol. The van der Waals surface area contributed by atoms with Crippen LogP contribution in [0.2, 0.25) is 0 Å². The van der Waals surface area contributed by atoms with E-state index in [0.29, 0.717) is 0 Å². The molecule has 0 aromatic rings. The first-order valence-corrected chi connectivity index (χ1v) is 6.18. The van der Waals surface area contributed by atoms with Crippen molar-refractivity contribution in [2.75, 3.05) is 0 Å². The predicted molar refractivity (Wildman–Crippen MR) is 59.8 cm³/mol. The standard InChI is InChI=1S/C13H26/c1-5-8-12(6-2)13(7-3)9-11(4)10-13/h11-12H,5-10H2,1-4H3. The van der Waals surface area contributed by atoms with Gasteiger partial charge < -0.3 is 0 Å². The first-order valence-electron chi connectivity index (χ1n) is 6.18. The van der Waals surface area contributed by atoms with Crippen LogP contribution in [0.1, 0.15) is 66.2 Å². The van der Waals surface area contributed by atoms with E-state index in [0.717, 1.165) is 17.3 Å². The average Bonchev–Trinajstić information content (AvgIpc) is 2.09. The van der Waals surface area contributed by atoms with Gasteiger partial charge in [-0.2, -0.15) is 0 Å². The summed E-state index contributed by atoms with van der Waals surface area (Å²) in [5, 5.41) is 0.